The summed E-state index contributed by atoms with van der Waals surface area (Å²) < 4.78 is 24.5. The molecule has 0 N–H and O–H groups in total. The lowest BCUT2D eigenvalue weighted by Crippen LogP contribution is -2.41. The van der Waals surface area contributed by atoms with Gasteiger partial charge in [0, 0.05) is 24.5 Å². The Hall–Kier alpha value is -2.35. The fourth-order valence-electron chi connectivity index (χ4n) is 3.74. The van der Waals surface area contributed by atoms with Gasteiger partial charge in [0.05, 0.1) is 10.9 Å². The second-order valence-corrected chi connectivity index (χ2v) is 14.4. The van der Waals surface area contributed by atoms with Crippen molar-refractivity contribution in [1.82, 2.24) is 4.57 Å². The maximum Gasteiger partial charge on any atom is 0.264 e. The molecule has 0 amide bonds. The van der Waals surface area contributed by atoms with Crippen LogP contribution in [-0.4, -0.2) is 33.4 Å². The van der Waals surface area contributed by atoms with Crippen molar-refractivity contribution >= 4 is 30.0 Å². The van der Waals surface area contributed by atoms with Gasteiger partial charge in [-0.15, -0.1) is 0 Å². The molecule has 1 aliphatic rings. The number of hydrogen-bond acceptors (Lipinski definition) is 5. The van der Waals surface area contributed by atoms with Crippen LogP contribution in [0, 0.1) is 0 Å². The van der Waals surface area contributed by atoms with Gasteiger partial charge in [-0.2, -0.15) is 0 Å². The van der Waals surface area contributed by atoms with Gasteiger partial charge < -0.3 is 18.6 Å². The zero-order valence-electron chi connectivity index (χ0n) is 19.2. The van der Waals surface area contributed by atoms with E-state index in [0.717, 1.165) is 22.7 Å². The van der Waals surface area contributed by atoms with Crippen LogP contribution in [0.15, 0.2) is 35.1 Å². The zero-order chi connectivity index (χ0) is 22.4. The quantitative estimate of drug-likeness (QED) is 0.396. The van der Waals surface area contributed by atoms with E-state index in [4.69, 9.17) is 18.6 Å². The van der Waals surface area contributed by atoms with Crippen LogP contribution < -0.4 is 15.0 Å². The predicted molar refractivity (Wildman–Crippen MR) is 126 cm³/mol. The van der Waals surface area contributed by atoms with Crippen LogP contribution in [0.25, 0.3) is 21.7 Å². The minimum Gasteiger partial charge on any atom is -0.454 e. The molecule has 2 aromatic carbocycles. The Morgan fingerprint density at radius 2 is 1.87 bits per heavy atom. The third-order valence-electron chi connectivity index (χ3n) is 6.56. The molecule has 0 saturated heterocycles. The van der Waals surface area contributed by atoms with Crippen LogP contribution in [0.5, 0.6) is 11.5 Å². The number of benzene rings is 2. The van der Waals surface area contributed by atoms with Gasteiger partial charge in [-0.1, -0.05) is 26.8 Å². The molecule has 0 radical (unpaired) electrons. The number of ether oxygens (including phenoxy) is 3. The number of hydrogen-bond donors (Lipinski definition) is 0. The standard InChI is InChI=1S/C24H31NO5Si/c1-24(2,3)31(5,6)30-12-11-16-7-9-19-18(13-16)17-8-10-20-22(29-15-28-20)21(17)23(26)25(19)14-27-4/h7-10,13H,11-12,14-15H2,1-6H3. The summed E-state index contributed by atoms with van der Waals surface area (Å²) in [7, 11) is -0.200. The molecule has 0 fully saturated rings. The molecule has 6 nitrogen and oxygen atoms in total. The third-order valence-corrected chi connectivity index (χ3v) is 11.1. The summed E-state index contributed by atoms with van der Waals surface area (Å²) >= 11 is 0. The Balaban J connectivity index is 1.77. The molecule has 1 aromatic heterocycles. The van der Waals surface area contributed by atoms with E-state index in [1.165, 1.54) is 5.56 Å². The molecule has 0 atom stereocenters. The summed E-state index contributed by atoms with van der Waals surface area (Å²) in [6, 6.07) is 10.0. The maximum atomic E-state index is 13.3. The first-order valence-electron chi connectivity index (χ1n) is 10.6. The van der Waals surface area contributed by atoms with Gasteiger partial charge in [0.2, 0.25) is 6.79 Å². The van der Waals surface area contributed by atoms with Crippen LogP contribution in [0.1, 0.15) is 26.3 Å². The van der Waals surface area contributed by atoms with E-state index in [9.17, 15) is 4.79 Å². The van der Waals surface area contributed by atoms with Gasteiger partial charge >= 0.3 is 0 Å². The molecule has 31 heavy (non-hydrogen) atoms. The predicted octanol–water partition coefficient (Wildman–Crippen LogP) is 5.05. The highest BCUT2D eigenvalue weighted by atomic mass is 28.4. The van der Waals surface area contributed by atoms with Crippen LogP contribution in [0.2, 0.25) is 18.1 Å². The highest BCUT2D eigenvalue weighted by Gasteiger charge is 2.36. The second kappa shape index (κ2) is 7.96. The summed E-state index contributed by atoms with van der Waals surface area (Å²) in [6.45, 7) is 12.3. The number of aromatic nitrogens is 1. The van der Waals surface area contributed by atoms with E-state index in [-0.39, 0.29) is 24.1 Å². The second-order valence-electron chi connectivity index (χ2n) is 9.58. The minimum atomic E-state index is -1.79. The summed E-state index contributed by atoms with van der Waals surface area (Å²) in [4.78, 5) is 13.3. The van der Waals surface area contributed by atoms with Crippen molar-refractivity contribution in [3.05, 3.63) is 46.2 Å². The molecule has 0 aliphatic carbocycles. The molecule has 0 spiro atoms. The monoisotopic (exact) mass is 441 g/mol. The first kappa shape index (κ1) is 21.9. The highest BCUT2D eigenvalue weighted by molar-refractivity contribution is 6.74. The maximum absolute atomic E-state index is 13.3. The minimum absolute atomic E-state index is 0.126. The zero-order valence-corrected chi connectivity index (χ0v) is 20.2. The molecule has 166 valence electrons. The van der Waals surface area contributed by atoms with Crippen LogP contribution in [-0.2, 0) is 22.3 Å². The Kier molecular flexibility index (Phi) is 5.62. The van der Waals surface area contributed by atoms with Crippen molar-refractivity contribution in [2.24, 2.45) is 0 Å². The van der Waals surface area contributed by atoms with Crippen molar-refractivity contribution in [2.45, 2.75) is 52.1 Å². The molecule has 7 heteroatoms. The third kappa shape index (κ3) is 3.86. The van der Waals surface area contributed by atoms with E-state index in [2.05, 4.69) is 46.0 Å². The number of methoxy groups -OCH3 is 1. The topological polar surface area (TPSA) is 58.9 Å². The fraction of sp³-hybridized carbons (Fsp3) is 0.458. The van der Waals surface area contributed by atoms with Crippen molar-refractivity contribution in [1.29, 1.82) is 0 Å². The van der Waals surface area contributed by atoms with Gasteiger partial charge in [-0.3, -0.25) is 9.36 Å². The van der Waals surface area contributed by atoms with Crippen LogP contribution in [0.3, 0.4) is 0 Å². The molecule has 4 rings (SSSR count). The molecule has 0 saturated carbocycles. The Labute approximate surface area is 183 Å². The van der Waals surface area contributed by atoms with E-state index in [1.807, 2.05) is 18.2 Å². The molecule has 3 aromatic rings. The molecule has 0 unspecified atom stereocenters. The van der Waals surface area contributed by atoms with Gasteiger partial charge in [-0.05, 0) is 54.4 Å². The van der Waals surface area contributed by atoms with Crippen molar-refractivity contribution in [3.8, 4) is 11.5 Å². The lowest BCUT2D eigenvalue weighted by atomic mass is 10.0. The molecule has 1 aliphatic heterocycles. The van der Waals surface area contributed by atoms with E-state index < -0.39 is 8.32 Å². The molecule has 2 heterocycles. The Bertz CT molecular complexity index is 1190. The van der Waals surface area contributed by atoms with Crippen molar-refractivity contribution in [3.63, 3.8) is 0 Å². The number of nitrogens with zero attached hydrogens (tertiary/aromatic N) is 1. The van der Waals surface area contributed by atoms with Gasteiger partial charge in [0.25, 0.3) is 5.56 Å². The largest absolute Gasteiger partial charge is 0.454 e. The van der Waals surface area contributed by atoms with Crippen LogP contribution >= 0.6 is 0 Å². The Morgan fingerprint density at radius 1 is 1.10 bits per heavy atom. The Morgan fingerprint density at radius 3 is 2.58 bits per heavy atom. The van der Waals surface area contributed by atoms with Crippen LogP contribution in [0.4, 0.5) is 0 Å². The van der Waals surface area contributed by atoms with Gasteiger partial charge in [0.15, 0.2) is 19.8 Å². The summed E-state index contributed by atoms with van der Waals surface area (Å²) in [6.07, 6.45) is 0.817. The van der Waals surface area contributed by atoms with Gasteiger partial charge in [0.1, 0.15) is 6.73 Å². The smallest absolute Gasteiger partial charge is 0.264 e. The average Bonchev–Trinajstić information content (AvgIpc) is 3.18. The SMILES string of the molecule is COCn1c(=O)c2c3c(ccc2c2cc(CCO[Si](C)(C)C(C)(C)C)ccc21)OCO3. The summed E-state index contributed by atoms with van der Waals surface area (Å²) in [5.74, 6) is 1.12. The summed E-state index contributed by atoms with van der Waals surface area (Å²) in [5, 5.41) is 2.58. The van der Waals surface area contributed by atoms with Gasteiger partial charge in [-0.25, -0.2) is 0 Å². The van der Waals surface area contributed by atoms with E-state index >= 15 is 0 Å². The molecular formula is C24H31NO5Si. The average molecular weight is 442 g/mol. The molecule has 0 bridgehead atoms. The lowest BCUT2D eigenvalue weighted by Gasteiger charge is -2.36. The first-order valence-corrected chi connectivity index (χ1v) is 13.6. The number of fused-ring (bicyclic) bond motifs is 5. The lowest BCUT2D eigenvalue weighted by molar-refractivity contribution is 0.132. The normalized spacial score (nSPS) is 14.0. The summed E-state index contributed by atoms with van der Waals surface area (Å²) in [5.41, 5.74) is 1.88. The molecular weight excluding hydrogens is 410 g/mol. The number of rotatable bonds is 6. The number of pyridine rings is 1. The highest BCUT2D eigenvalue weighted by Crippen LogP contribution is 2.40. The van der Waals surface area contributed by atoms with Crippen molar-refractivity contribution < 1.29 is 18.6 Å². The fourth-order valence-corrected chi connectivity index (χ4v) is 4.79. The van der Waals surface area contributed by atoms with Crippen molar-refractivity contribution in [2.75, 3.05) is 20.5 Å². The van der Waals surface area contributed by atoms with E-state index in [0.29, 0.717) is 23.5 Å². The first-order chi connectivity index (χ1) is 14.6. The van der Waals surface area contributed by atoms with E-state index in [1.54, 1.807) is 11.7 Å².